The number of carbonyl (C=O) groups is 1. The van der Waals surface area contributed by atoms with Crippen molar-refractivity contribution in [2.24, 2.45) is 7.05 Å². The highest BCUT2D eigenvalue weighted by atomic mass is 16.2. The summed E-state index contributed by atoms with van der Waals surface area (Å²) >= 11 is 0. The maximum atomic E-state index is 12.6. The van der Waals surface area contributed by atoms with Gasteiger partial charge in [-0.15, -0.1) is 0 Å². The van der Waals surface area contributed by atoms with Gasteiger partial charge in [0.15, 0.2) is 0 Å². The number of aryl methyl sites for hydroxylation is 1. The first kappa shape index (κ1) is 14.8. The molecule has 0 radical (unpaired) electrons. The molecule has 0 aliphatic carbocycles. The molecule has 0 fully saturated rings. The highest BCUT2D eigenvalue weighted by molar-refractivity contribution is 6.17. The van der Waals surface area contributed by atoms with E-state index in [4.69, 9.17) is 0 Å². The zero-order chi connectivity index (χ0) is 14.2. The van der Waals surface area contributed by atoms with Crippen LogP contribution in [-0.4, -0.2) is 40.9 Å². The van der Waals surface area contributed by atoms with Crippen molar-refractivity contribution in [1.29, 1.82) is 0 Å². The van der Waals surface area contributed by atoms with Gasteiger partial charge in [0.1, 0.15) is 7.85 Å². The summed E-state index contributed by atoms with van der Waals surface area (Å²) in [5.41, 5.74) is 2.38. The number of rotatable bonds is 3. The Morgan fingerprint density at radius 2 is 1.94 bits per heavy atom. The molecule has 5 heteroatoms. The molecule has 4 nitrogen and oxygen atoms in total. The Labute approximate surface area is 111 Å². The lowest BCUT2D eigenvalue weighted by molar-refractivity contribution is 0.0720. The SMILES string of the molecule is BC(C)(C)N(C)C(=O)c1c(C(C)C)nn(C)c1C. The zero-order valence-corrected chi connectivity index (χ0v) is 12.8. The molecule has 0 bridgehead atoms. The van der Waals surface area contributed by atoms with Crippen molar-refractivity contribution < 1.29 is 4.79 Å². The summed E-state index contributed by atoms with van der Waals surface area (Å²) in [4.78, 5) is 14.4. The van der Waals surface area contributed by atoms with E-state index in [2.05, 4.69) is 18.9 Å². The van der Waals surface area contributed by atoms with Gasteiger partial charge in [0.25, 0.3) is 5.91 Å². The fourth-order valence-electron chi connectivity index (χ4n) is 1.77. The summed E-state index contributed by atoms with van der Waals surface area (Å²) in [5.74, 6) is 0.300. The molecule has 18 heavy (non-hydrogen) atoms. The van der Waals surface area contributed by atoms with Gasteiger partial charge in [-0.25, -0.2) is 0 Å². The molecule has 1 aromatic heterocycles. The summed E-state index contributed by atoms with van der Waals surface area (Å²) < 4.78 is 1.79. The average molecular weight is 249 g/mol. The van der Waals surface area contributed by atoms with E-state index in [0.29, 0.717) is 0 Å². The van der Waals surface area contributed by atoms with Crippen molar-refractivity contribution in [1.82, 2.24) is 14.7 Å². The number of aromatic nitrogens is 2. The molecular weight excluding hydrogens is 225 g/mol. The molecule has 0 atom stereocenters. The van der Waals surface area contributed by atoms with Crippen molar-refractivity contribution in [2.75, 3.05) is 7.05 Å². The van der Waals surface area contributed by atoms with Crippen molar-refractivity contribution in [3.8, 4) is 0 Å². The first-order valence-electron chi connectivity index (χ1n) is 6.39. The Kier molecular flexibility index (Phi) is 3.94. The summed E-state index contributed by atoms with van der Waals surface area (Å²) in [7, 11) is 5.76. The van der Waals surface area contributed by atoms with Gasteiger partial charge >= 0.3 is 0 Å². The Bertz CT molecular complexity index is 458. The third-order valence-electron chi connectivity index (χ3n) is 3.43. The van der Waals surface area contributed by atoms with Crippen LogP contribution in [0.15, 0.2) is 0 Å². The fraction of sp³-hybridized carbons (Fsp3) is 0.692. The summed E-state index contributed by atoms with van der Waals surface area (Å²) in [5, 5.41) is 4.46. The lowest BCUT2D eigenvalue weighted by atomic mass is 9.80. The third-order valence-corrected chi connectivity index (χ3v) is 3.43. The van der Waals surface area contributed by atoms with Crippen LogP contribution in [0.25, 0.3) is 0 Å². The molecule has 1 rings (SSSR count). The van der Waals surface area contributed by atoms with Gasteiger partial charge in [-0.05, 0) is 26.7 Å². The van der Waals surface area contributed by atoms with Crippen molar-refractivity contribution in [3.63, 3.8) is 0 Å². The van der Waals surface area contributed by atoms with Crippen molar-refractivity contribution in [3.05, 3.63) is 17.0 Å². The first-order chi connectivity index (χ1) is 8.07. The average Bonchev–Trinajstić information content (AvgIpc) is 2.52. The largest absolute Gasteiger partial charge is 0.344 e. The molecule has 100 valence electrons. The minimum atomic E-state index is -0.187. The van der Waals surface area contributed by atoms with E-state index in [-0.39, 0.29) is 17.3 Å². The molecule has 0 spiro atoms. The van der Waals surface area contributed by atoms with Gasteiger partial charge in [0.2, 0.25) is 0 Å². The van der Waals surface area contributed by atoms with Gasteiger partial charge in [0, 0.05) is 25.2 Å². The number of hydrogen-bond donors (Lipinski definition) is 0. The van der Waals surface area contributed by atoms with Crippen LogP contribution in [-0.2, 0) is 7.05 Å². The summed E-state index contributed by atoms with van der Waals surface area (Å²) in [6.45, 7) is 10.1. The lowest BCUT2D eigenvalue weighted by Gasteiger charge is -2.32. The second-order valence-corrected chi connectivity index (χ2v) is 6.16. The monoisotopic (exact) mass is 249 g/mol. The van der Waals surface area contributed by atoms with Gasteiger partial charge in [0.05, 0.1) is 11.3 Å². The van der Waals surface area contributed by atoms with Gasteiger partial charge < -0.3 is 4.90 Å². The highest BCUT2D eigenvalue weighted by Crippen LogP contribution is 2.24. The Morgan fingerprint density at radius 1 is 1.44 bits per heavy atom. The van der Waals surface area contributed by atoms with Gasteiger partial charge in [-0.1, -0.05) is 13.8 Å². The second-order valence-electron chi connectivity index (χ2n) is 6.16. The van der Waals surface area contributed by atoms with Gasteiger partial charge in [-0.2, -0.15) is 5.10 Å². The molecule has 0 saturated carbocycles. The van der Waals surface area contributed by atoms with E-state index in [1.807, 2.05) is 42.7 Å². The van der Waals surface area contributed by atoms with E-state index >= 15 is 0 Å². The predicted molar refractivity (Wildman–Crippen MR) is 76.8 cm³/mol. The third kappa shape index (κ3) is 2.60. The number of hydrogen-bond acceptors (Lipinski definition) is 2. The van der Waals surface area contributed by atoms with E-state index in [9.17, 15) is 4.79 Å². The highest BCUT2D eigenvalue weighted by Gasteiger charge is 2.29. The smallest absolute Gasteiger partial charge is 0.257 e. The molecule has 0 N–H and O–H groups in total. The molecule has 0 aromatic carbocycles. The Morgan fingerprint density at radius 3 is 2.33 bits per heavy atom. The quantitative estimate of drug-likeness (QED) is 0.757. The van der Waals surface area contributed by atoms with Crippen LogP contribution in [0, 0.1) is 6.92 Å². The van der Waals surface area contributed by atoms with E-state index in [0.717, 1.165) is 17.0 Å². The molecule has 0 saturated heterocycles. The maximum absolute atomic E-state index is 12.6. The molecule has 1 amide bonds. The van der Waals surface area contributed by atoms with Crippen LogP contribution >= 0.6 is 0 Å². The second kappa shape index (κ2) is 4.79. The van der Waals surface area contributed by atoms with Crippen LogP contribution < -0.4 is 0 Å². The van der Waals surface area contributed by atoms with Crippen LogP contribution in [0.5, 0.6) is 0 Å². The Balaban J connectivity index is 3.29. The standard InChI is InChI=1S/C13H24BN3O/c1-8(2)11-10(9(3)17(7)15-11)12(18)16(6)13(4,5)14/h8H,14H2,1-7H3. The van der Waals surface area contributed by atoms with E-state index in [1.165, 1.54) is 0 Å². The zero-order valence-electron chi connectivity index (χ0n) is 12.8. The molecule has 1 heterocycles. The molecule has 0 aliphatic heterocycles. The van der Waals surface area contributed by atoms with Crippen LogP contribution in [0.4, 0.5) is 0 Å². The summed E-state index contributed by atoms with van der Waals surface area (Å²) in [6, 6.07) is 0. The van der Waals surface area contributed by atoms with Crippen molar-refractivity contribution in [2.45, 2.75) is 46.0 Å². The van der Waals surface area contributed by atoms with Crippen LogP contribution in [0.2, 0.25) is 0 Å². The minimum absolute atomic E-state index is 0.0526. The molecule has 1 aromatic rings. The van der Waals surface area contributed by atoms with E-state index in [1.54, 1.807) is 9.58 Å². The first-order valence-corrected chi connectivity index (χ1v) is 6.39. The molecular formula is C13H24BN3O. The summed E-state index contributed by atoms with van der Waals surface area (Å²) in [6.07, 6.45) is 0. The van der Waals surface area contributed by atoms with Crippen LogP contribution in [0.1, 0.15) is 55.4 Å². The number of carbonyl (C=O) groups excluding carboxylic acids is 1. The fourth-order valence-corrected chi connectivity index (χ4v) is 1.77. The normalized spacial score (nSPS) is 12.0. The number of amides is 1. The molecule has 0 aliphatic rings. The Hall–Kier alpha value is -1.26. The predicted octanol–water partition coefficient (Wildman–Crippen LogP) is 1.29. The lowest BCUT2D eigenvalue weighted by Crippen LogP contribution is -2.45. The van der Waals surface area contributed by atoms with Gasteiger partial charge in [-0.3, -0.25) is 9.48 Å². The minimum Gasteiger partial charge on any atom is -0.344 e. The maximum Gasteiger partial charge on any atom is 0.257 e. The molecule has 0 unspecified atom stereocenters. The van der Waals surface area contributed by atoms with Crippen LogP contribution in [0.3, 0.4) is 0 Å². The number of nitrogens with zero attached hydrogens (tertiary/aromatic N) is 3. The van der Waals surface area contributed by atoms with E-state index < -0.39 is 0 Å². The topological polar surface area (TPSA) is 38.1 Å². The van der Waals surface area contributed by atoms with Crippen molar-refractivity contribution >= 4 is 13.8 Å².